The number of benzene rings is 3. The predicted molar refractivity (Wildman–Crippen MR) is 132 cm³/mol. The maximum absolute atomic E-state index is 13.6. The number of hydrogen-bond acceptors (Lipinski definition) is 6. The summed E-state index contributed by atoms with van der Waals surface area (Å²) in [4.78, 5) is 36.0. The van der Waals surface area contributed by atoms with Gasteiger partial charge in [0, 0.05) is 5.69 Å². The highest BCUT2D eigenvalue weighted by Crippen LogP contribution is 2.36. The van der Waals surface area contributed by atoms with Crippen molar-refractivity contribution in [2.24, 2.45) is 5.10 Å². The van der Waals surface area contributed by atoms with Crippen LogP contribution in [0, 0.1) is 5.82 Å². The van der Waals surface area contributed by atoms with Gasteiger partial charge >= 0.3 is 11.8 Å². The average molecular weight is 543 g/mol. The lowest BCUT2D eigenvalue weighted by atomic mass is 10.2. The van der Waals surface area contributed by atoms with Crippen molar-refractivity contribution in [3.05, 3.63) is 82.6 Å². The molecule has 3 rings (SSSR count). The second kappa shape index (κ2) is 12.3. The van der Waals surface area contributed by atoms with Gasteiger partial charge in [0.25, 0.3) is 5.91 Å². The van der Waals surface area contributed by atoms with Crippen LogP contribution < -0.4 is 25.5 Å². The van der Waals surface area contributed by atoms with E-state index >= 15 is 0 Å². The van der Waals surface area contributed by atoms with E-state index in [1.54, 1.807) is 36.4 Å². The Kier molecular flexibility index (Phi) is 8.90. The van der Waals surface area contributed by atoms with Gasteiger partial charge in [0.15, 0.2) is 18.1 Å². The van der Waals surface area contributed by atoms with Crippen LogP contribution in [0.4, 0.5) is 15.8 Å². The monoisotopic (exact) mass is 542 g/mol. The van der Waals surface area contributed by atoms with Crippen molar-refractivity contribution in [3.63, 3.8) is 0 Å². The fourth-order valence-electron chi connectivity index (χ4n) is 2.77. The molecule has 0 heterocycles. The van der Waals surface area contributed by atoms with E-state index in [1.807, 2.05) is 6.07 Å². The molecule has 0 atom stereocenters. The van der Waals surface area contributed by atoms with Crippen molar-refractivity contribution < 1.29 is 28.2 Å². The molecule has 3 aromatic carbocycles. The molecule has 0 radical (unpaired) electrons. The molecule has 0 aliphatic carbocycles. The molecule has 9 nitrogen and oxygen atoms in total. The lowest BCUT2D eigenvalue weighted by molar-refractivity contribution is -0.136. The Morgan fingerprint density at radius 2 is 1.71 bits per heavy atom. The highest BCUT2D eigenvalue weighted by molar-refractivity contribution is 9.10. The van der Waals surface area contributed by atoms with Gasteiger partial charge in [-0.05, 0) is 57.9 Å². The van der Waals surface area contributed by atoms with Crippen LogP contribution in [0.5, 0.6) is 11.5 Å². The van der Waals surface area contributed by atoms with Gasteiger partial charge in [-0.1, -0.05) is 30.3 Å². The number of ether oxygens (including phenoxy) is 2. The van der Waals surface area contributed by atoms with Gasteiger partial charge in [-0.15, -0.1) is 0 Å². The van der Waals surface area contributed by atoms with Crippen molar-refractivity contribution in [1.29, 1.82) is 0 Å². The summed E-state index contributed by atoms with van der Waals surface area (Å²) in [5.41, 5.74) is 3.07. The van der Waals surface area contributed by atoms with Gasteiger partial charge in [-0.2, -0.15) is 5.10 Å². The fourth-order valence-corrected chi connectivity index (χ4v) is 3.34. The van der Waals surface area contributed by atoms with Crippen LogP contribution in [0.1, 0.15) is 5.56 Å². The molecule has 180 valence electrons. The SMILES string of the molecule is COc1cc(/C=N\NC(=O)C(=O)Nc2ccccc2F)cc(Br)c1OCC(=O)Nc1ccccc1. The molecule has 0 saturated carbocycles. The smallest absolute Gasteiger partial charge is 0.329 e. The second-order valence-electron chi connectivity index (χ2n) is 6.87. The lowest BCUT2D eigenvalue weighted by Gasteiger charge is -2.13. The van der Waals surface area contributed by atoms with Crippen LogP contribution in [0.15, 0.2) is 76.3 Å². The Morgan fingerprint density at radius 1 is 1.00 bits per heavy atom. The number of carbonyl (C=O) groups is 3. The van der Waals surface area contributed by atoms with Gasteiger partial charge in [0.1, 0.15) is 5.82 Å². The van der Waals surface area contributed by atoms with Gasteiger partial charge < -0.3 is 20.1 Å². The first-order chi connectivity index (χ1) is 16.9. The Bertz CT molecular complexity index is 1250. The molecule has 3 N–H and O–H groups in total. The third kappa shape index (κ3) is 7.37. The summed E-state index contributed by atoms with van der Waals surface area (Å²) < 4.78 is 25.0. The molecular weight excluding hydrogens is 523 g/mol. The van der Waals surface area contributed by atoms with E-state index in [4.69, 9.17) is 9.47 Å². The second-order valence-corrected chi connectivity index (χ2v) is 7.72. The number of para-hydroxylation sites is 2. The largest absolute Gasteiger partial charge is 0.493 e. The number of amides is 3. The summed E-state index contributed by atoms with van der Waals surface area (Å²) in [7, 11) is 1.43. The van der Waals surface area contributed by atoms with E-state index in [-0.39, 0.29) is 18.2 Å². The molecule has 0 fully saturated rings. The maximum atomic E-state index is 13.6. The molecule has 0 unspecified atom stereocenters. The molecule has 0 aliphatic rings. The van der Waals surface area contributed by atoms with E-state index in [0.29, 0.717) is 27.2 Å². The van der Waals surface area contributed by atoms with E-state index in [1.165, 1.54) is 31.5 Å². The molecule has 11 heteroatoms. The van der Waals surface area contributed by atoms with E-state index in [0.717, 1.165) is 6.07 Å². The van der Waals surface area contributed by atoms with E-state index in [9.17, 15) is 18.8 Å². The topological polar surface area (TPSA) is 118 Å². The standard InChI is InChI=1S/C24H20BrFN4O5/c1-34-20-12-15(13-27-30-24(33)23(32)29-19-10-6-5-9-18(19)26)11-17(25)22(20)35-14-21(31)28-16-7-3-2-4-8-16/h2-13H,14H2,1H3,(H,28,31)(H,29,32)(H,30,33)/b27-13-. The molecule has 3 amide bonds. The van der Waals surface area contributed by atoms with Crippen molar-refractivity contribution in [1.82, 2.24) is 5.43 Å². The highest BCUT2D eigenvalue weighted by Gasteiger charge is 2.16. The van der Waals surface area contributed by atoms with Crippen LogP contribution in [0.25, 0.3) is 0 Å². The molecule has 0 saturated heterocycles. The lowest BCUT2D eigenvalue weighted by Crippen LogP contribution is -2.32. The minimum absolute atomic E-state index is 0.127. The van der Waals surface area contributed by atoms with Crippen LogP contribution in [0.3, 0.4) is 0 Å². The van der Waals surface area contributed by atoms with Crippen LogP contribution in [0.2, 0.25) is 0 Å². The van der Waals surface area contributed by atoms with Crippen molar-refractivity contribution in [3.8, 4) is 11.5 Å². The van der Waals surface area contributed by atoms with Gasteiger partial charge in [-0.3, -0.25) is 14.4 Å². The molecule has 0 aliphatic heterocycles. The Morgan fingerprint density at radius 3 is 2.43 bits per heavy atom. The number of hydrazone groups is 1. The molecule has 0 bridgehead atoms. The number of methoxy groups -OCH3 is 1. The highest BCUT2D eigenvalue weighted by atomic mass is 79.9. The molecule has 3 aromatic rings. The number of nitrogens with one attached hydrogen (secondary N) is 3. The first kappa shape index (κ1) is 25.4. The number of carbonyl (C=O) groups excluding carboxylic acids is 3. The zero-order chi connectivity index (χ0) is 25.2. The summed E-state index contributed by atoms with van der Waals surface area (Å²) in [6.07, 6.45) is 1.27. The Balaban J connectivity index is 1.58. The van der Waals surface area contributed by atoms with Crippen molar-refractivity contribution >= 4 is 51.2 Å². The van der Waals surface area contributed by atoms with Crippen LogP contribution in [-0.2, 0) is 14.4 Å². The summed E-state index contributed by atoms with van der Waals surface area (Å²) >= 11 is 3.36. The molecule has 0 spiro atoms. The maximum Gasteiger partial charge on any atom is 0.329 e. The number of hydrogen-bond donors (Lipinski definition) is 3. The molecular formula is C24H20BrFN4O5. The van der Waals surface area contributed by atoms with Gasteiger partial charge in [0.05, 0.1) is 23.5 Å². The number of rotatable bonds is 8. The van der Waals surface area contributed by atoms with E-state index < -0.39 is 17.6 Å². The minimum Gasteiger partial charge on any atom is -0.493 e. The Labute approximate surface area is 208 Å². The molecule has 0 aromatic heterocycles. The fraction of sp³-hybridized carbons (Fsp3) is 0.0833. The first-order valence-electron chi connectivity index (χ1n) is 10.1. The van der Waals surface area contributed by atoms with E-state index in [2.05, 4.69) is 37.1 Å². The zero-order valence-electron chi connectivity index (χ0n) is 18.4. The third-order valence-electron chi connectivity index (χ3n) is 4.36. The average Bonchev–Trinajstić information content (AvgIpc) is 2.85. The quantitative estimate of drug-likeness (QED) is 0.228. The minimum atomic E-state index is -1.08. The predicted octanol–water partition coefficient (Wildman–Crippen LogP) is 3.70. The van der Waals surface area contributed by atoms with Gasteiger partial charge in [0.2, 0.25) is 0 Å². The molecule has 35 heavy (non-hydrogen) atoms. The third-order valence-corrected chi connectivity index (χ3v) is 4.95. The summed E-state index contributed by atoms with van der Waals surface area (Å²) in [5, 5.41) is 8.60. The van der Waals surface area contributed by atoms with Gasteiger partial charge in [-0.25, -0.2) is 9.82 Å². The number of nitrogens with zero attached hydrogens (tertiary/aromatic N) is 1. The van der Waals surface area contributed by atoms with Crippen molar-refractivity contribution in [2.45, 2.75) is 0 Å². The first-order valence-corrected chi connectivity index (χ1v) is 10.9. The number of halogens is 2. The summed E-state index contributed by atoms with van der Waals surface area (Å²) in [6.45, 7) is -0.259. The normalized spacial score (nSPS) is 10.5. The summed E-state index contributed by atoms with van der Waals surface area (Å²) in [6, 6.07) is 17.6. The summed E-state index contributed by atoms with van der Waals surface area (Å²) in [5.74, 6) is -2.59. The Hall–Kier alpha value is -4.25. The van der Waals surface area contributed by atoms with Crippen LogP contribution in [-0.4, -0.2) is 37.7 Å². The van der Waals surface area contributed by atoms with Crippen LogP contribution >= 0.6 is 15.9 Å². The number of anilines is 2. The van der Waals surface area contributed by atoms with Crippen molar-refractivity contribution in [2.75, 3.05) is 24.4 Å². The zero-order valence-corrected chi connectivity index (χ0v) is 20.0.